The maximum absolute atomic E-state index is 15.6. The van der Waals surface area contributed by atoms with Crippen LogP contribution in [0.1, 0.15) is 12.5 Å². The van der Waals surface area contributed by atoms with E-state index in [1.54, 1.807) is 28.8 Å². The number of aromatic nitrogens is 3. The third-order valence-electron chi connectivity index (χ3n) is 4.89. The molecule has 0 bridgehead atoms. The van der Waals surface area contributed by atoms with Crippen LogP contribution < -0.4 is 5.73 Å². The summed E-state index contributed by atoms with van der Waals surface area (Å²) in [6.45, 7) is 6.21. The van der Waals surface area contributed by atoms with Crippen LogP contribution >= 0.6 is 11.6 Å². The number of hydrogen-bond donors (Lipinski definition) is 1. The Bertz CT molecular complexity index is 966. The van der Waals surface area contributed by atoms with Gasteiger partial charge in [0.1, 0.15) is 17.8 Å². The van der Waals surface area contributed by atoms with Crippen LogP contribution in [-0.4, -0.2) is 39.1 Å². The molecule has 0 radical (unpaired) electrons. The number of nitrogens with zero attached hydrogens (tertiary/aromatic N) is 4. The van der Waals surface area contributed by atoms with E-state index in [2.05, 4.69) is 21.4 Å². The molecule has 5 nitrogen and oxygen atoms in total. The zero-order valence-electron chi connectivity index (χ0n) is 14.2. The monoisotopic (exact) mass is 371 g/mol. The first-order valence-electron chi connectivity index (χ1n) is 8.49. The molecule has 1 fully saturated rings. The minimum atomic E-state index is -0.333. The molecule has 26 heavy (non-hydrogen) atoms. The Morgan fingerprint density at radius 3 is 2.81 bits per heavy atom. The van der Waals surface area contributed by atoms with Crippen LogP contribution in [0.3, 0.4) is 0 Å². The third-order valence-corrected chi connectivity index (χ3v) is 5.14. The van der Waals surface area contributed by atoms with Gasteiger partial charge in [0.15, 0.2) is 0 Å². The van der Waals surface area contributed by atoms with E-state index >= 15 is 4.39 Å². The van der Waals surface area contributed by atoms with Gasteiger partial charge in [-0.2, -0.15) is 4.39 Å². The Morgan fingerprint density at radius 1 is 1.31 bits per heavy atom. The lowest BCUT2D eigenvalue weighted by atomic mass is 10.1. The molecule has 134 valence electrons. The molecule has 3 heterocycles. The fourth-order valence-electron chi connectivity index (χ4n) is 3.71. The number of likely N-dealkylation sites (tertiary alicyclic amines) is 1. The lowest BCUT2D eigenvalue weighted by Gasteiger charge is -2.16. The summed E-state index contributed by atoms with van der Waals surface area (Å²) in [4.78, 5) is 10.7. The average Bonchev–Trinajstić information content (AvgIpc) is 3.19. The van der Waals surface area contributed by atoms with Crippen LogP contribution in [0.5, 0.6) is 0 Å². The number of hydrogen-bond acceptors (Lipinski definition) is 4. The van der Waals surface area contributed by atoms with Crippen LogP contribution in [0.15, 0.2) is 43.2 Å². The van der Waals surface area contributed by atoms with Crippen LogP contribution in [0.25, 0.3) is 22.2 Å². The van der Waals surface area contributed by atoms with Crippen LogP contribution in [0.4, 0.5) is 10.2 Å². The number of anilines is 1. The van der Waals surface area contributed by atoms with Crippen molar-refractivity contribution in [1.29, 1.82) is 0 Å². The summed E-state index contributed by atoms with van der Waals surface area (Å²) in [5.41, 5.74) is 7.77. The molecule has 0 aliphatic carbocycles. The molecule has 1 aromatic carbocycles. The quantitative estimate of drug-likeness (QED) is 0.706. The number of rotatable bonds is 4. The molecule has 7 heteroatoms. The van der Waals surface area contributed by atoms with E-state index in [0.29, 0.717) is 27.2 Å². The summed E-state index contributed by atoms with van der Waals surface area (Å²) in [7, 11) is 0. The van der Waals surface area contributed by atoms with Crippen LogP contribution in [0.2, 0.25) is 5.02 Å². The molecule has 1 saturated heterocycles. The Labute approximate surface area is 155 Å². The van der Waals surface area contributed by atoms with Crippen molar-refractivity contribution >= 4 is 28.5 Å². The molecule has 1 aliphatic heterocycles. The highest BCUT2D eigenvalue weighted by Gasteiger charge is 2.30. The van der Waals surface area contributed by atoms with Gasteiger partial charge in [0.2, 0.25) is 5.95 Å². The average molecular weight is 372 g/mol. The first-order chi connectivity index (χ1) is 12.6. The molecule has 0 saturated carbocycles. The van der Waals surface area contributed by atoms with Gasteiger partial charge in [-0.3, -0.25) is 9.47 Å². The van der Waals surface area contributed by atoms with Gasteiger partial charge < -0.3 is 5.73 Å². The van der Waals surface area contributed by atoms with Crippen molar-refractivity contribution in [2.45, 2.75) is 12.5 Å². The second kappa shape index (κ2) is 6.70. The number of halogens is 2. The molecular weight excluding hydrogens is 353 g/mol. The van der Waals surface area contributed by atoms with Crippen molar-refractivity contribution in [3.63, 3.8) is 0 Å². The normalized spacial score (nSPS) is 17.8. The maximum atomic E-state index is 15.6. The Kier molecular flexibility index (Phi) is 4.38. The highest BCUT2D eigenvalue weighted by Crippen LogP contribution is 2.39. The van der Waals surface area contributed by atoms with Gasteiger partial charge in [0.25, 0.3) is 0 Å². The molecular formula is C19H19ClFN5. The van der Waals surface area contributed by atoms with Crippen molar-refractivity contribution in [2.75, 3.05) is 25.4 Å². The predicted octanol–water partition coefficient (Wildman–Crippen LogP) is 3.91. The zero-order chi connectivity index (χ0) is 18.3. The third kappa shape index (κ3) is 2.75. The van der Waals surface area contributed by atoms with E-state index in [-0.39, 0.29) is 17.8 Å². The van der Waals surface area contributed by atoms with Gasteiger partial charge >= 0.3 is 0 Å². The molecule has 2 aromatic heterocycles. The fraction of sp³-hybridized carbons (Fsp3) is 0.263. The van der Waals surface area contributed by atoms with E-state index in [4.69, 9.17) is 17.3 Å². The van der Waals surface area contributed by atoms with Crippen molar-refractivity contribution in [1.82, 2.24) is 19.4 Å². The minimum Gasteiger partial charge on any atom is -0.383 e. The second-order valence-electron chi connectivity index (χ2n) is 6.49. The number of nitrogen functional groups attached to an aromatic ring is 1. The van der Waals surface area contributed by atoms with Crippen molar-refractivity contribution in [2.24, 2.45) is 0 Å². The van der Waals surface area contributed by atoms with E-state index in [0.717, 1.165) is 26.1 Å². The Morgan fingerprint density at radius 2 is 2.08 bits per heavy atom. The number of nitrogens with two attached hydrogens (primary N) is 1. The summed E-state index contributed by atoms with van der Waals surface area (Å²) < 4.78 is 17.3. The lowest BCUT2D eigenvalue weighted by Crippen LogP contribution is -2.22. The Hall–Kier alpha value is -2.44. The largest absolute Gasteiger partial charge is 0.383 e. The zero-order valence-corrected chi connectivity index (χ0v) is 15.0. The molecule has 0 spiro atoms. The Balaban J connectivity index is 1.89. The van der Waals surface area contributed by atoms with Gasteiger partial charge in [0.05, 0.1) is 11.4 Å². The first-order valence-corrected chi connectivity index (χ1v) is 8.87. The smallest absolute Gasteiger partial charge is 0.204 e. The summed E-state index contributed by atoms with van der Waals surface area (Å²) in [5.74, 6) is -0.0569. The van der Waals surface area contributed by atoms with Crippen LogP contribution in [0, 0.1) is 5.95 Å². The minimum absolute atomic E-state index is 0.00667. The summed E-state index contributed by atoms with van der Waals surface area (Å²) in [6.07, 6.45) is 4.10. The maximum Gasteiger partial charge on any atom is 0.204 e. The molecule has 1 aliphatic rings. The van der Waals surface area contributed by atoms with Gasteiger partial charge in [-0.25, -0.2) is 9.97 Å². The van der Waals surface area contributed by atoms with Crippen molar-refractivity contribution in [3.8, 4) is 11.1 Å². The van der Waals surface area contributed by atoms with Gasteiger partial charge in [-0.1, -0.05) is 29.8 Å². The first kappa shape index (κ1) is 17.0. The molecule has 0 amide bonds. The molecule has 1 atom stereocenters. The topological polar surface area (TPSA) is 60.0 Å². The highest BCUT2D eigenvalue weighted by molar-refractivity contribution is 6.30. The van der Waals surface area contributed by atoms with Gasteiger partial charge in [-0.15, -0.1) is 6.58 Å². The summed E-state index contributed by atoms with van der Waals surface area (Å²) >= 11 is 5.98. The van der Waals surface area contributed by atoms with Crippen molar-refractivity contribution < 1.29 is 4.39 Å². The van der Waals surface area contributed by atoms with E-state index in [9.17, 15) is 0 Å². The molecule has 3 aromatic rings. The van der Waals surface area contributed by atoms with Crippen molar-refractivity contribution in [3.05, 3.63) is 54.2 Å². The molecule has 2 N–H and O–H groups in total. The number of benzene rings is 1. The predicted molar refractivity (Wildman–Crippen MR) is 103 cm³/mol. The summed E-state index contributed by atoms with van der Waals surface area (Å²) in [6, 6.07) is 7.04. The van der Waals surface area contributed by atoms with Crippen LogP contribution in [-0.2, 0) is 0 Å². The van der Waals surface area contributed by atoms with E-state index in [1.807, 2.05) is 6.08 Å². The SMILES string of the molecule is C=CCN1CC[C@@H](n2c(F)c(-c3ccc(Cl)cc3)c3c(N)ncnc32)C1. The summed E-state index contributed by atoms with van der Waals surface area (Å²) in [5, 5.41) is 1.15. The lowest BCUT2D eigenvalue weighted by molar-refractivity contribution is 0.349. The standard InChI is InChI=1S/C19H19ClFN5/c1-2-8-25-9-7-14(10-25)26-17(21)15(12-3-5-13(20)6-4-12)16-18(22)23-11-24-19(16)26/h2-6,11,14H,1,7-10H2,(H2,22,23,24)/t14-/m1/s1. The van der Waals surface area contributed by atoms with Gasteiger partial charge in [-0.05, 0) is 24.1 Å². The fourth-order valence-corrected chi connectivity index (χ4v) is 3.84. The number of fused-ring (bicyclic) bond motifs is 1. The van der Waals surface area contributed by atoms with E-state index in [1.165, 1.54) is 6.33 Å². The van der Waals surface area contributed by atoms with Gasteiger partial charge in [0, 0.05) is 30.2 Å². The molecule has 4 rings (SSSR count). The second-order valence-corrected chi connectivity index (χ2v) is 6.93. The highest BCUT2D eigenvalue weighted by atomic mass is 35.5. The van der Waals surface area contributed by atoms with E-state index < -0.39 is 0 Å². The molecule has 0 unspecified atom stereocenters.